The Morgan fingerprint density at radius 2 is 1.57 bits per heavy atom. The van der Waals surface area contributed by atoms with Crippen molar-refractivity contribution in [2.75, 3.05) is 13.2 Å². The molecule has 1 fully saturated rings. The fourth-order valence-corrected chi connectivity index (χ4v) is 8.10. The molecule has 2 aliphatic heterocycles. The maximum atomic E-state index is 7.36. The lowest BCUT2D eigenvalue weighted by atomic mass is 9.70. The van der Waals surface area contributed by atoms with Crippen LogP contribution in [-0.4, -0.2) is 32.1 Å². The van der Waals surface area contributed by atoms with Crippen LogP contribution in [-0.2, 0) is 25.9 Å². The first-order valence-corrected chi connectivity index (χ1v) is 19.0. The maximum Gasteiger partial charge on any atom is 0.192 e. The van der Waals surface area contributed by atoms with Crippen molar-refractivity contribution in [2.24, 2.45) is 5.41 Å². The fraction of sp³-hybridized carbons (Fsp3) is 0.694. The van der Waals surface area contributed by atoms with Crippen LogP contribution in [0.1, 0.15) is 140 Å². The van der Waals surface area contributed by atoms with Crippen LogP contribution in [0.15, 0.2) is 24.3 Å². The van der Waals surface area contributed by atoms with Crippen molar-refractivity contribution in [3.05, 3.63) is 57.9 Å². The highest BCUT2D eigenvalue weighted by Crippen LogP contribution is 2.59. The number of fused-ring (bicyclic) bond motifs is 4. The Kier molecular flexibility index (Phi) is 8.08. The molecule has 5 rings (SSSR count). The van der Waals surface area contributed by atoms with Gasteiger partial charge in [0.15, 0.2) is 8.32 Å². The summed E-state index contributed by atoms with van der Waals surface area (Å²) in [6.45, 7) is 28.8. The number of pyridine rings is 1. The number of nitrogens with zero attached hydrogens (tertiary/aromatic N) is 1. The van der Waals surface area contributed by atoms with Crippen molar-refractivity contribution in [3.8, 4) is 5.75 Å². The topological polar surface area (TPSA) is 49.8 Å². The Labute approximate surface area is 256 Å². The molecular weight excluding hydrogens is 538 g/mol. The average molecular weight is 594 g/mol. The van der Waals surface area contributed by atoms with Crippen molar-refractivity contribution in [3.63, 3.8) is 0 Å². The predicted molar refractivity (Wildman–Crippen MR) is 173 cm³/mol. The van der Waals surface area contributed by atoms with Gasteiger partial charge >= 0.3 is 0 Å². The molecule has 232 valence electrons. The third-order valence-corrected chi connectivity index (χ3v) is 14.3. The van der Waals surface area contributed by atoms with Gasteiger partial charge in [0, 0.05) is 48.6 Å². The molecule has 3 heterocycles. The molecule has 5 nitrogen and oxygen atoms in total. The van der Waals surface area contributed by atoms with E-state index in [1.165, 1.54) is 28.1 Å². The zero-order valence-corrected chi connectivity index (χ0v) is 29.4. The monoisotopic (exact) mass is 593 g/mol. The first-order valence-electron chi connectivity index (χ1n) is 16.1. The minimum absolute atomic E-state index is 0.0109. The van der Waals surface area contributed by atoms with Crippen molar-refractivity contribution in [2.45, 2.75) is 142 Å². The molecule has 0 radical (unpaired) electrons. The van der Waals surface area contributed by atoms with E-state index in [0.717, 1.165) is 37.0 Å². The molecule has 2 atom stereocenters. The Balaban J connectivity index is 1.73. The summed E-state index contributed by atoms with van der Waals surface area (Å²) < 4.78 is 26.8. The lowest BCUT2D eigenvalue weighted by Crippen LogP contribution is -2.45. The van der Waals surface area contributed by atoms with E-state index in [1.54, 1.807) is 0 Å². The van der Waals surface area contributed by atoms with E-state index in [1.807, 2.05) is 0 Å². The second-order valence-electron chi connectivity index (χ2n) is 16.6. The van der Waals surface area contributed by atoms with Crippen LogP contribution in [0.5, 0.6) is 5.75 Å². The molecule has 1 aromatic carbocycles. The molecule has 0 bridgehead atoms. The van der Waals surface area contributed by atoms with E-state index in [2.05, 4.69) is 107 Å². The minimum atomic E-state index is -2.07. The highest BCUT2D eigenvalue weighted by Gasteiger charge is 2.53. The molecule has 0 N–H and O–H groups in total. The molecule has 1 spiro atoms. The van der Waals surface area contributed by atoms with Gasteiger partial charge in [-0.15, -0.1) is 0 Å². The zero-order chi connectivity index (χ0) is 30.9. The van der Waals surface area contributed by atoms with Gasteiger partial charge in [-0.2, -0.15) is 0 Å². The van der Waals surface area contributed by atoms with Crippen molar-refractivity contribution < 1.29 is 18.6 Å². The quantitative estimate of drug-likeness (QED) is 0.323. The summed E-state index contributed by atoms with van der Waals surface area (Å²) in [5.41, 5.74) is 7.00. The zero-order valence-electron chi connectivity index (χ0n) is 28.4. The highest BCUT2D eigenvalue weighted by atomic mass is 28.4. The van der Waals surface area contributed by atoms with Crippen LogP contribution in [0.4, 0.5) is 0 Å². The molecule has 42 heavy (non-hydrogen) atoms. The average Bonchev–Trinajstić information content (AvgIpc) is 3.15. The number of hydrogen-bond donors (Lipinski definition) is 0. The Bertz CT molecular complexity index is 1290. The largest absolute Gasteiger partial charge is 0.488 e. The van der Waals surface area contributed by atoms with Gasteiger partial charge in [0.05, 0.1) is 11.7 Å². The third kappa shape index (κ3) is 5.98. The van der Waals surface area contributed by atoms with Crippen molar-refractivity contribution >= 4 is 8.32 Å². The molecule has 1 unspecified atom stereocenters. The summed E-state index contributed by atoms with van der Waals surface area (Å²) in [7, 11) is -2.07. The Morgan fingerprint density at radius 1 is 0.952 bits per heavy atom. The van der Waals surface area contributed by atoms with E-state index in [4.69, 9.17) is 23.6 Å². The van der Waals surface area contributed by atoms with Gasteiger partial charge in [-0.05, 0) is 86.3 Å². The van der Waals surface area contributed by atoms with Crippen LogP contribution < -0.4 is 4.74 Å². The van der Waals surface area contributed by atoms with Gasteiger partial charge in [0.2, 0.25) is 0 Å². The van der Waals surface area contributed by atoms with Crippen LogP contribution in [0, 0.1) is 5.41 Å². The second-order valence-corrected chi connectivity index (χ2v) is 21.4. The fourth-order valence-electron chi connectivity index (χ4n) is 6.84. The summed E-state index contributed by atoms with van der Waals surface area (Å²) in [5.74, 6) is 1.15. The van der Waals surface area contributed by atoms with Crippen LogP contribution in [0.3, 0.4) is 0 Å². The van der Waals surface area contributed by atoms with E-state index in [0.29, 0.717) is 13.2 Å². The summed E-state index contributed by atoms with van der Waals surface area (Å²) in [4.78, 5) is 5.54. The van der Waals surface area contributed by atoms with Gasteiger partial charge < -0.3 is 18.6 Å². The molecule has 0 amide bonds. The van der Waals surface area contributed by atoms with E-state index in [-0.39, 0.29) is 34.2 Å². The Hall–Kier alpha value is -1.73. The number of ether oxygens (including phenoxy) is 3. The summed E-state index contributed by atoms with van der Waals surface area (Å²) >= 11 is 0. The smallest absolute Gasteiger partial charge is 0.192 e. The van der Waals surface area contributed by atoms with Gasteiger partial charge in [0.1, 0.15) is 17.5 Å². The first kappa shape index (κ1) is 31.7. The van der Waals surface area contributed by atoms with E-state index < -0.39 is 13.9 Å². The highest BCUT2D eigenvalue weighted by molar-refractivity contribution is 6.74. The number of rotatable bonds is 5. The number of aromatic nitrogens is 1. The minimum Gasteiger partial charge on any atom is -0.488 e. The maximum absolute atomic E-state index is 7.36. The summed E-state index contributed by atoms with van der Waals surface area (Å²) in [5, 5.41) is 0.121. The molecule has 2 aromatic rings. The summed E-state index contributed by atoms with van der Waals surface area (Å²) in [6.07, 6.45) is 3.50. The van der Waals surface area contributed by atoms with Crippen LogP contribution in [0.25, 0.3) is 0 Å². The third-order valence-electron chi connectivity index (χ3n) is 9.85. The molecule has 0 saturated carbocycles. The molecule has 6 heteroatoms. The van der Waals surface area contributed by atoms with Gasteiger partial charge in [-0.25, -0.2) is 0 Å². The lowest BCUT2D eigenvalue weighted by molar-refractivity contribution is -0.122. The van der Waals surface area contributed by atoms with Gasteiger partial charge in [0.25, 0.3) is 0 Å². The number of benzene rings is 1. The second kappa shape index (κ2) is 10.7. The first-order chi connectivity index (χ1) is 19.3. The van der Waals surface area contributed by atoms with Crippen LogP contribution in [0.2, 0.25) is 18.1 Å². The van der Waals surface area contributed by atoms with E-state index in [9.17, 15) is 0 Å². The van der Waals surface area contributed by atoms with Gasteiger partial charge in [-0.1, -0.05) is 60.6 Å². The molecule has 1 aromatic heterocycles. The molecular formula is C36H55NO4Si. The lowest BCUT2D eigenvalue weighted by Gasteiger charge is -2.46. The van der Waals surface area contributed by atoms with Crippen molar-refractivity contribution in [1.29, 1.82) is 0 Å². The predicted octanol–water partition coefficient (Wildman–Crippen LogP) is 9.54. The Morgan fingerprint density at radius 3 is 2.12 bits per heavy atom. The normalized spacial score (nSPS) is 23.6. The molecule has 1 saturated heterocycles. The van der Waals surface area contributed by atoms with Gasteiger partial charge in [-0.3, -0.25) is 4.98 Å². The molecule has 1 aliphatic carbocycles. The standard InChI is InChI=1S/C36H55NO4Si/c1-23(2)31-29-30(28-26(37-31)21-35(9,10)22-27(28)41-42(11,12)34(6,7)8)36(17-19-38-20-18-36)40-32(29)24-13-15-25(16-14-24)39-33(3,4)5/h13-16,23,27,32H,17-22H2,1-12H3/t27?,32-/m1/s1. The SMILES string of the molecule is CC(C)c1nc2c(c3c1[C@@H](c1ccc(OC(C)(C)C)cc1)OC31CCOCC1)C(O[Si](C)(C)C(C)(C)C)CC(C)(C)C2. The van der Waals surface area contributed by atoms with Crippen molar-refractivity contribution in [1.82, 2.24) is 4.98 Å². The number of hydrogen-bond acceptors (Lipinski definition) is 5. The molecule has 3 aliphatic rings. The van der Waals surface area contributed by atoms with E-state index >= 15 is 0 Å². The van der Waals surface area contributed by atoms with Crippen LogP contribution >= 0.6 is 0 Å². The summed E-state index contributed by atoms with van der Waals surface area (Å²) in [6, 6.07) is 8.55.